The molecule has 0 rings (SSSR count). The predicted molar refractivity (Wildman–Crippen MR) is 45.6 cm³/mol. The monoisotopic (exact) mass is 262 g/mol. The Labute approximate surface area is 79.7 Å². The average molecular weight is 262 g/mol. The third-order valence-corrected chi connectivity index (χ3v) is 0. The molecule has 60 valence electrons. The largest absolute Gasteiger partial charge is 0.412 e. The Morgan fingerprint density at radius 1 is 0.375 bits per heavy atom. The van der Waals surface area contributed by atoms with Gasteiger partial charge in [0.15, 0.2) is 0 Å². The van der Waals surface area contributed by atoms with Crippen molar-refractivity contribution in [3.8, 4) is 0 Å². The van der Waals surface area contributed by atoms with Gasteiger partial charge >= 0.3 is 23.1 Å². The fraction of sp³-hybridized carbons (Fsp3) is 0. The highest BCUT2D eigenvalue weighted by Gasteiger charge is 0.316. The van der Waals surface area contributed by atoms with Crippen molar-refractivity contribution in [1.82, 2.24) is 0 Å². The first-order valence-corrected chi connectivity index (χ1v) is 0. The maximum atomic E-state index is 0. The van der Waals surface area contributed by atoms with Crippen molar-refractivity contribution >= 4 is 47.0 Å². The summed E-state index contributed by atoms with van der Waals surface area (Å²) in [5.41, 5.74) is 0. The second-order valence-electron chi connectivity index (χ2n) is 0. The topological polar surface area (TPSA) is 189 Å². The van der Waals surface area contributed by atoms with E-state index in [1.807, 2.05) is 0 Å². The zero-order chi connectivity index (χ0) is 0. The summed E-state index contributed by atoms with van der Waals surface area (Å²) in [5, 5.41) is 0. The highest BCUT2D eigenvalue weighted by molar-refractivity contribution is 14.0. The van der Waals surface area contributed by atoms with Gasteiger partial charge in [-0.25, -0.2) is 0 Å². The summed E-state index contributed by atoms with van der Waals surface area (Å²) in [6.07, 6.45) is 0. The third kappa shape index (κ3) is 180. The van der Waals surface area contributed by atoms with Gasteiger partial charge in [-0.3, -0.25) is 0 Å². The first-order valence-electron chi connectivity index (χ1n) is 0. The van der Waals surface area contributed by atoms with Crippen LogP contribution < -0.4 is 0 Å². The highest BCUT2D eigenvalue weighted by atomic mass is 127. The summed E-state index contributed by atoms with van der Waals surface area (Å²) in [4.78, 5) is 0. The van der Waals surface area contributed by atoms with Crippen LogP contribution in [0.5, 0.6) is 0 Å². The smallest absolute Gasteiger partial charge is 0.316 e. The molecule has 0 aliphatic carbocycles. The lowest BCUT2D eigenvalue weighted by molar-refractivity contribution is 0.823. The van der Waals surface area contributed by atoms with E-state index in [-0.39, 0.29) is 79.9 Å². The molecule has 0 spiro atoms. The van der Waals surface area contributed by atoms with E-state index < -0.39 is 0 Å². The first-order chi connectivity index (χ1) is 0. The number of rotatable bonds is 0. The predicted octanol–water partition coefficient (Wildman–Crippen LogP) is -5.25. The molecule has 0 unspecified atom stereocenters. The fourth-order valence-electron chi connectivity index (χ4n) is 0. The van der Waals surface area contributed by atoms with Gasteiger partial charge in [0.2, 0.25) is 0 Å². The van der Waals surface area contributed by atoms with E-state index in [4.69, 9.17) is 0 Å². The molecular formula is H15IMgO6. The summed E-state index contributed by atoms with van der Waals surface area (Å²) in [6.45, 7) is 0. The Morgan fingerprint density at radius 3 is 0.375 bits per heavy atom. The number of hydrogen-bond acceptors (Lipinski definition) is 0. The molecule has 8 heavy (non-hydrogen) atoms. The molecule has 0 aromatic heterocycles. The minimum atomic E-state index is 0. The maximum Gasteiger partial charge on any atom is 0.316 e. The highest BCUT2D eigenvalue weighted by Crippen LogP contribution is 0.886. The van der Waals surface area contributed by atoms with Crippen LogP contribution in [-0.2, 0) is 0 Å². The van der Waals surface area contributed by atoms with Crippen LogP contribution in [0.1, 0.15) is 0 Å². The van der Waals surface area contributed by atoms with E-state index in [9.17, 15) is 0 Å². The van der Waals surface area contributed by atoms with Crippen LogP contribution >= 0.6 is 24.0 Å². The Bertz CT molecular complexity index is 8.49. The molecule has 0 fully saturated rings. The van der Waals surface area contributed by atoms with Gasteiger partial charge < -0.3 is 32.9 Å². The molecule has 0 aromatic rings. The van der Waals surface area contributed by atoms with Crippen LogP contribution in [0.2, 0.25) is 0 Å². The van der Waals surface area contributed by atoms with E-state index >= 15 is 0 Å². The molecule has 0 radical (unpaired) electrons. The molecular weight excluding hydrogens is 247 g/mol. The van der Waals surface area contributed by atoms with E-state index in [1.165, 1.54) is 0 Å². The molecule has 0 aliphatic rings. The van der Waals surface area contributed by atoms with Crippen molar-refractivity contribution in [3.63, 3.8) is 0 Å². The Balaban J connectivity index is 0. The second kappa shape index (κ2) is 275. The number of hydrogen-bond donors (Lipinski definition) is 0. The molecule has 8 heteroatoms. The summed E-state index contributed by atoms with van der Waals surface area (Å²) in [5.74, 6) is 0. The van der Waals surface area contributed by atoms with Crippen molar-refractivity contribution in [2.45, 2.75) is 0 Å². The van der Waals surface area contributed by atoms with E-state index in [0.717, 1.165) is 0 Å². The SMILES string of the molecule is I.O.O.O.O.O.O.[MgH2]. The maximum absolute atomic E-state index is 0. The zero-order valence-electron chi connectivity index (χ0n) is 3.41. The molecule has 0 atom stereocenters. The van der Waals surface area contributed by atoms with Crippen molar-refractivity contribution < 1.29 is 32.9 Å². The lowest BCUT2D eigenvalue weighted by atomic mass is 16.0. The Morgan fingerprint density at radius 2 is 0.375 bits per heavy atom. The molecule has 0 aromatic carbocycles. The lowest BCUT2D eigenvalue weighted by Gasteiger charge is -0.413. The Kier molecular flexibility index (Phi) is 13800. The van der Waals surface area contributed by atoms with Crippen molar-refractivity contribution in [2.75, 3.05) is 0 Å². The van der Waals surface area contributed by atoms with E-state index in [2.05, 4.69) is 0 Å². The quantitative estimate of drug-likeness (QED) is 0.298. The van der Waals surface area contributed by atoms with Gasteiger partial charge in [-0.2, -0.15) is 0 Å². The molecule has 0 saturated carbocycles. The summed E-state index contributed by atoms with van der Waals surface area (Å²) in [6, 6.07) is 0. The minimum absolute atomic E-state index is 0. The van der Waals surface area contributed by atoms with Crippen LogP contribution in [0.15, 0.2) is 0 Å². The molecule has 0 saturated heterocycles. The van der Waals surface area contributed by atoms with Crippen LogP contribution in [0, 0.1) is 0 Å². The van der Waals surface area contributed by atoms with Crippen LogP contribution in [0.4, 0.5) is 0 Å². The molecule has 12 N–H and O–H groups in total. The van der Waals surface area contributed by atoms with Crippen LogP contribution in [-0.4, -0.2) is 55.9 Å². The molecule has 0 heterocycles. The molecule has 0 amide bonds. The standard InChI is InChI=1S/HI.Mg.6H2O.2H/h1H;;6*1H2;;. The second-order valence-corrected chi connectivity index (χ2v) is 0. The van der Waals surface area contributed by atoms with Crippen LogP contribution in [0.25, 0.3) is 0 Å². The fourth-order valence-corrected chi connectivity index (χ4v) is 0. The molecule has 6 nitrogen and oxygen atoms in total. The molecule has 0 bridgehead atoms. The third-order valence-electron chi connectivity index (χ3n) is 0. The van der Waals surface area contributed by atoms with E-state index in [1.54, 1.807) is 0 Å². The summed E-state index contributed by atoms with van der Waals surface area (Å²) >= 11 is 0. The van der Waals surface area contributed by atoms with Gasteiger partial charge in [-0.05, 0) is 0 Å². The summed E-state index contributed by atoms with van der Waals surface area (Å²) < 4.78 is 0. The average Bonchev–Trinajstić information content (AvgIpc) is 0. The van der Waals surface area contributed by atoms with Crippen LogP contribution in [0.3, 0.4) is 0 Å². The van der Waals surface area contributed by atoms with Crippen molar-refractivity contribution in [1.29, 1.82) is 0 Å². The van der Waals surface area contributed by atoms with Crippen molar-refractivity contribution in [3.05, 3.63) is 0 Å². The minimum Gasteiger partial charge on any atom is -0.412 e. The van der Waals surface area contributed by atoms with Gasteiger partial charge in [-0.15, -0.1) is 24.0 Å². The van der Waals surface area contributed by atoms with Gasteiger partial charge in [-0.1, -0.05) is 0 Å². The van der Waals surface area contributed by atoms with E-state index in [0.29, 0.717) is 0 Å². The Hall–Kier alpha value is 1.26. The van der Waals surface area contributed by atoms with Gasteiger partial charge in [0.25, 0.3) is 0 Å². The number of halogens is 1. The lowest BCUT2D eigenvalue weighted by Crippen LogP contribution is -0.381. The normalized spacial score (nSPS) is 0. The first kappa shape index (κ1) is 400. The van der Waals surface area contributed by atoms with Gasteiger partial charge in [0.05, 0.1) is 0 Å². The van der Waals surface area contributed by atoms with Gasteiger partial charge in [0, 0.05) is 0 Å². The zero-order valence-corrected chi connectivity index (χ0v) is 5.74. The summed E-state index contributed by atoms with van der Waals surface area (Å²) in [7, 11) is 0. The van der Waals surface area contributed by atoms with Crippen molar-refractivity contribution in [2.24, 2.45) is 0 Å². The molecule has 0 aliphatic heterocycles. The van der Waals surface area contributed by atoms with Gasteiger partial charge in [0.1, 0.15) is 0 Å².